The Morgan fingerprint density at radius 3 is 2.53 bits per heavy atom. The van der Waals surface area contributed by atoms with Gasteiger partial charge in [-0.15, -0.1) is 0 Å². The van der Waals surface area contributed by atoms with E-state index in [2.05, 4.69) is 11.8 Å². The summed E-state index contributed by atoms with van der Waals surface area (Å²) in [4.78, 5) is 10.1. The molecule has 0 amide bonds. The average molecular weight is 203 g/mol. The van der Waals surface area contributed by atoms with Crippen LogP contribution in [0.5, 0.6) is 0 Å². The van der Waals surface area contributed by atoms with Gasteiger partial charge in [0.25, 0.3) is 5.69 Å². The number of nitrogens with zero attached hydrogens (tertiary/aromatic N) is 1. The van der Waals surface area contributed by atoms with Crippen molar-refractivity contribution < 1.29 is 4.92 Å². The first-order valence-electron chi connectivity index (χ1n) is 4.66. The quantitative estimate of drug-likeness (QED) is 0.400. The number of hydrogen-bond donors (Lipinski definition) is 0. The van der Waals surface area contributed by atoms with Gasteiger partial charge in [0, 0.05) is 23.1 Å². The van der Waals surface area contributed by atoms with Crippen LogP contribution in [0.1, 0.15) is 26.3 Å². The van der Waals surface area contributed by atoms with Crippen LogP contribution in [0.4, 0.5) is 5.69 Å². The van der Waals surface area contributed by atoms with Gasteiger partial charge in [-0.3, -0.25) is 10.1 Å². The van der Waals surface area contributed by atoms with E-state index in [4.69, 9.17) is 0 Å². The lowest BCUT2D eigenvalue weighted by molar-refractivity contribution is -0.384. The summed E-state index contributed by atoms with van der Waals surface area (Å²) in [7, 11) is 0. The molecule has 1 aromatic rings. The highest BCUT2D eigenvalue weighted by molar-refractivity contribution is 5.43. The zero-order valence-electron chi connectivity index (χ0n) is 9.07. The fourth-order valence-electron chi connectivity index (χ4n) is 0.957. The molecule has 0 bridgehead atoms. The van der Waals surface area contributed by atoms with Gasteiger partial charge in [0.15, 0.2) is 0 Å². The molecule has 0 aliphatic carbocycles. The maximum absolute atomic E-state index is 10.5. The Bertz CT molecular complexity index is 433. The second-order valence-electron chi connectivity index (χ2n) is 4.31. The Labute approximate surface area is 89.3 Å². The van der Waals surface area contributed by atoms with E-state index in [1.807, 2.05) is 20.8 Å². The fourth-order valence-corrected chi connectivity index (χ4v) is 0.957. The molecular weight excluding hydrogens is 190 g/mol. The molecule has 0 N–H and O–H groups in total. The van der Waals surface area contributed by atoms with E-state index in [0.717, 1.165) is 0 Å². The van der Waals surface area contributed by atoms with Crippen LogP contribution in [0.15, 0.2) is 24.3 Å². The van der Waals surface area contributed by atoms with Crippen molar-refractivity contribution in [2.45, 2.75) is 20.8 Å². The second kappa shape index (κ2) is 4.14. The second-order valence-corrected chi connectivity index (χ2v) is 4.31. The van der Waals surface area contributed by atoms with Gasteiger partial charge >= 0.3 is 0 Å². The van der Waals surface area contributed by atoms with Crippen molar-refractivity contribution in [3.63, 3.8) is 0 Å². The minimum absolute atomic E-state index is 0.0794. The molecule has 0 radical (unpaired) electrons. The first-order valence-corrected chi connectivity index (χ1v) is 4.66. The molecule has 0 aliphatic heterocycles. The van der Waals surface area contributed by atoms with Crippen LogP contribution in [-0.4, -0.2) is 4.92 Å². The Balaban J connectivity index is 3.00. The molecule has 0 saturated carbocycles. The van der Waals surface area contributed by atoms with Crippen molar-refractivity contribution in [2.24, 2.45) is 5.41 Å². The van der Waals surface area contributed by atoms with Crippen molar-refractivity contribution in [1.82, 2.24) is 0 Å². The van der Waals surface area contributed by atoms with Crippen LogP contribution < -0.4 is 0 Å². The van der Waals surface area contributed by atoms with Gasteiger partial charge in [0.1, 0.15) is 0 Å². The average Bonchev–Trinajstić information content (AvgIpc) is 2.14. The summed E-state index contributed by atoms with van der Waals surface area (Å²) in [5.74, 6) is 5.96. The zero-order chi connectivity index (χ0) is 11.5. The Morgan fingerprint density at radius 2 is 2.00 bits per heavy atom. The smallest absolute Gasteiger partial charge is 0.258 e. The van der Waals surface area contributed by atoms with E-state index in [1.54, 1.807) is 12.1 Å². The van der Waals surface area contributed by atoms with Gasteiger partial charge in [0.2, 0.25) is 0 Å². The summed E-state index contributed by atoms with van der Waals surface area (Å²) in [5, 5.41) is 10.5. The molecule has 0 unspecified atom stereocenters. The number of nitro benzene ring substituents is 1. The molecular formula is C12H13NO2. The number of nitro groups is 1. The van der Waals surface area contributed by atoms with Crippen LogP contribution in [0, 0.1) is 27.4 Å². The van der Waals surface area contributed by atoms with Crippen LogP contribution >= 0.6 is 0 Å². The first kappa shape index (κ1) is 11.3. The standard InChI is InChI=1S/C12H13NO2/c1-12(2,3)8-7-10-5-4-6-11(9-10)13(14)15/h4-6,9H,1-3H3. The zero-order valence-corrected chi connectivity index (χ0v) is 9.07. The van der Waals surface area contributed by atoms with Gasteiger partial charge in [-0.2, -0.15) is 0 Å². The predicted molar refractivity (Wildman–Crippen MR) is 59.4 cm³/mol. The molecule has 0 heterocycles. The summed E-state index contributed by atoms with van der Waals surface area (Å²) < 4.78 is 0. The van der Waals surface area contributed by atoms with Crippen molar-refractivity contribution >= 4 is 5.69 Å². The molecule has 3 nitrogen and oxygen atoms in total. The Morgan fingerprint density at radius 1 is 1.33 bits per heavy atom. The number of rotatable bonds is 1. The lowest BCUT2D eigenvalue weighted by Gasteiger charge is -2.06. The lowest BCUT2D eigenvalue weighted by Crippen LogP contribution is -1.99. The molecule has 1 rings (SSSR count). The third-order valence-electron chi connectivity index (χ3n) is 1.64. The van der Waals surface area contributed by atoms with E-state index in [9.17, 15) is 10.1 Å². The van der Waals surface area contributed by atoms with Crippen molar-refractivity contribution in [3.05, 3.63) is 39.9 Å². The van der Waals surface area contributed by atoms with E-state index in [-0.39, 0.29) is 11.1 Å². The molecule has 0 spiro atoms. The maximum atomic E-state index is 10.5. The Hall–Kier alpha value is -1.82. The van der Waals surface area contributed by atoms with Gasteiger partial charge in [-0.25, -0.2) is 0 Å². The maximum Gasteiger partial charge on any atom is 0.270 e. The molecule has 78 valence electrons. The van der Waals surface area contributed by atoms with E-state index in [0.29, 0.717) is 5.56 Å². The molecule has 0 saturated heterocycles. The van der Waals surface area contributed by atoms with Gasteiger partial charge in [-0.1, -0.05) is 17.9 Å². The number of benzene rings is 1. The van der Waals surface area contributed by atoms with Crippen molar-refractivity contribution in [2.75, 3.05) is 0 Å². The molecule has 0 aliphatic rings. The monoisotopic (exact) mass is 203 g/mol. The highest BCUT2D eigenvalue weighted by Gasteiger charge is 2.06. The van der Waals surface area contributed by atoms with Crippen molar-refractivity contribution in [3.8, 4) is 11.8 Å². The van der Waals surface area contributed by atoms with E-state index >= 15 is 0 Å². The normalized spacial score (nSPS) is 10.3. The van der Waals surface area contributed by atoms with Crippen LogP contribution in [0.3, 0.4) is 0 Å². The van der Waals surface area contributed by atoms with Gasteiger partial charge in [0.05, 0.1) is 4.92 Å². The molecule has 0 fully saturated rings. The summed E-state index contributed by atoms with van der Waals surface area (Å²) in [6, 6.07) is 6.36. The number of non-ortho nitro benzene ring substituents is 1. The topological polar surface area (TPSA) is 43.1 Å². The highest BCUT2D eigenvalue weighted by Crippen LogP contribution is 2.14. The largest absolute Gasteiger partial charge is 0.270 e. The van der Waals surface area contributed by atoms with Gasteiger partial charge < -0.3 is 0 Å². The predicted octanol–water partition coefficient (Wildman–Crippen LogP) is 2.99. The minimum atomic E-state index is -0.414. The summed E-state index contributed by atoms with van der Waals surface area (Å²) in [6.45, 7) is 5.99. The van der Waals surface area contributed by atoms with Crippen LogP contribution in [-0.2, 0) is 0 Å². The fraction of sp³-hybridized carbons (Fsp3) is 0.333. The highest BCUT2D eigenvalue weighted by atomic mass is 16.6. The summed E-state index contributed by atoms with van der Waals surface area (Å²) in [6.07, 6.45) is 0. The van der Waals surface area contributed by atoms with Gasteiger partial charge in [-0.05, 0) is 26.8 Å². The summed E-state index contributed by atoms with van der Waals surface area (Å²) in [5.41, 5.74) is 0.666. The molecule has 0 atom stereocenters. The lowest BCUT2D eigenvalue weighted by atomic mass is 9.97. The first-order chi connectivity index (χ1) is 6.88. The third-order valence-corrected chi connectivity index (χ3v) is 1.64. The molecule has 0 aromatic heterocycles. The summed E-state index contributed by atoms with van der Waals surface area (Å²) >= 11 is 0. The third kappa shape index (κ3) is 3.82. The van der Waals surface area contributed by atoms with Crippen LogP contribution in [0.25, 0.3) is 0 Å². The minimum Gasteiger partial charge on any atom is -0.258 e. The number of hydrogen-bond acceptors (Lipinski definition) is 2. The molecule has 15 heavy (non-hydrogen) atoms. The molecule has 3 heteroatoms. The van der Waals surface area contributed by atoms with Crippen LogP contribution in [0.2, 0.25) is 0 Å². The Kier molecular flexibility index (Phi) is 3.11. The molecule has 1 aromatic carbocycles. The SMILES string of the molecule is CC(C)(C)C#Cc1cccc([N+](=O)[O-])c1. The van der Waals surface area contributed by atoms with E-state index in [1.165, 1.54) is 12.1 Å². The van der Waals surface area contributed by atoms with E-state index < -0.39 is 4.92 Å². The van der Waals surface area contributed by atoms with Crippen molar-refractivity contribution in [1.29, 1.82) is 0 Å².